The number of halogens is 2. The largest absolute Gasteiger partial charge is 0.459 e. The summed E-state index contributed by atoms with van der Waals surface area (Å²) in [6, 6.07) is 3.56. The Hall–Kier alpha value is -1.26. The van der Waals surface area contributed by atoms with Gasteiger partial charge in [0.25, 0.3) is 0 Å². The lowest BCUT2D eigenvalue weighted by molar-refractivity contribution is -0.149. The van der Waals surface area contributed by atoms with Gasteiger partial charge in [0.2, 0.25) is 10.0 Å². The number of hydrogen-bond donors (Lipinski definition) is 2. The highest BCUT2D eigenvalue weighted by atomic mass is 35.5. The van der Waals surface area contributed by atoms with Gasteiger partial charge in [-0.25, -0.2) is 17.1 Å². The minimum Gasteiger partial charge on any atom is -0.459 e. The van der Waals surface area contributed by atoms with Crippen LogP contribution < -0.4 is 11.1 Å². The number of benzene rings is 1. The maximum atomic E-state index is 13.7. The van der Waals surface area contributed by atoms with Crippen LogP contribution in [0.3, 0.4) is 0 Å². The van der Waals surface area contributed by atoms with Crippen LogP contribution in [-0.4, -0.2) is 62.8 Å². The Kier molecular flexibility index (Phi) is 14.2. The van der Waals surface area contributed by atoms with Crippen molar-refractivity contribution < 1.29 is 22.3 Å². The zero-order valence-corrected chi connectivity index (χ0v) is 22.4. The summed E-state index contributed by atoms with van der Waals surface area (Å²) >= 11 is 5.94. The molecule has 3 N–H and O–H groups in total. The normalized spacial score (nSPS) is 13.9. The monoisotopic (exact) mass is 521 g/mol. The quantitative estimate of drug-likeness (QED) is 0.239. The number of rotatable bonds is 17. The van der Waals surface area contributed by atoms with Crippen molar-refractivity contribution in [3.63, 3.8) is 0 Å². The van der Waals surface area contributed by atoms with E-state index in [-0.39, 0.29) is 23.6 Å². The van der Waals surface area contributed by atoms with Crippen LogP contribution in [0.4, 0.5) is 4.39 Å². The predicted octanol–water partition coefficient (Wildman–Crippen LogP) is 3.74. The molecule has 0 spiro atoms. The summed E-state index contributed by atoms with van der Waals surface area (Å²) in [4.78, 5) is 12.6. The van der Waals surface area contributed by atoms with Crippen LogP contribution in [0.2, 0.25) is 5.02 Å². The van der Waals surface area contributed by atoms with E-state index in [1.165, 1.54) is 16.4 Å². The molecule has 1 aromatic rings. The molecule has 2 atom stereocenters. The summed E-state index contributed by atoms with van der Waals surface area (Å²) in [6.45, 7) is 9.93. The van der Waals surface area contributed by atoms with Crippen molar-refractivity contribution in [3.05, 3.63) is 34.6 Å². The van der Waals surface area contributed by atoms with Gasteiger partial charge in [-0.3, -0.25) is 4.79 Å². The number of ether oxygens (including phenoxy) is 1. The van der Waals surface area contributed by atoms with Gasteiger partial charge in [0.15, 0.2) is 0 Å². The van der Waals surface area contributed by atoms with Gasteiger partial charge in [-0.05, 0) is 61.9 Å². The van der Waals surface area contributed by atoms with E-state index in [9.17, 15) is 17.6 Å². The minimum atomic E-state index is -3.56. The van der Waals surface area contributed by atoms with Crippen LogP contribution in [0.25, 0.3) is 0 Å². The fraction of sp³-hybridized carbons (Fsp3) is 0.708. The van der Waals surface area contributed by atoms with Crippen LogP contribution in [0.1, 0.15) is 58.9 Å². The highest BCUT2D eigenvalue weighted by Gasteiger charge is 2.26. The van der Waals surface area contributed by atoms with Crippen LogP contribution >= 0.6 is 11.6 Å². The fourth-order valence-corrected chi connectivity index (χ4v) is 5.35. The lowest BCUT2D eigenvalue weighted by Gasteiger charge is -2.25. The van der Waals surface area contributed by atoms with Crippen molar-refractivity contribution >= 4 is 27.6 Å². The van der Waals surface area contributed by atoms with E-state index in [4.69, 9.17) is 22.1 Å². The highest BCUT2D eigenvalue weighted by Crippen LogP contribution is 2.17. The summed E-state index contributed by atoms with van der Waals surface area (Å²) in [5.41, 5.74) is 6.94. The summed E-state index contributed by atoms with van der Waals surface area (Å²) in [6.07, 6.45) is 1.64. The van der Waals surface area contributed by atoms with Gasteiger partial charge >= 0.3 is 5.97 Å². The summed E-state index contributed by atoms with van der Waals surface area (Å²) < 4.78 is 46.0. The number of sulfonamides is 1. The molecule has 0 fully saturated rings. The Morgan fingerprint density at radius 1 is 1.21 bits per heavy atom. The first kappa shape index (κ1) is 30.8. The second-order valence-corrected chi connectivity index (χ2v) is 11.6. The second-order valence-electron chi connectivity index (χ2n) is 9.03. The molecule has 0 heterocycles. The Morgan fingerprint density at radius 3 is 2.41 bits per heavy atom. The third-order valence-electron chi connectivity index (χ3n) is 5.30. The van der Waals surface area contributed by atoms with Crippen molar-refractivity contribution in [1.82, 2.24) is 9.62 Å². The molecular formula is C24H41ClFN3O4S. The molecule has 0 saturated carbocycles. The molecule has 0 saturated heterocycles. The van der Waals surface area contributed by atoms with Crippen molar-refractivity contribution in [2.45, 2.75) is 71.9 Å². The van der Waals surface area contributed by atoms with Gasteiger partial charge in [0.1, 0.15) is 11.9 Å². The van der Waals surface area contributed by atoms with E-state index in [2.05, 4.69) is 19.2 Å². The number of carbonyl (C=O) groups excluding carboxylic acids is 1. The second kappa shape index (κ2) is 15.7. The van der Waals surface area contributed by atoms with Gasteiger partial charge in [0.05, 0.1) is 12.2 Å². The molecule has 0 amide bonds. The van der Waals surface area contributed by atoms with E-state index in [0.717, 1.165) is 13.0 Å². The number of nitrogens with zero attached hydrogens (tertiary/aromatic N) is 1. The lowest BCUT2D eigenvalue weighted by Crippen LogP contribution is -2.46. The minimum absolute atomic E-state index is 0.250. The SMILES string of the molecule is CCCN(CCC)S(=O)(=O)CCC(=O)OC(CNCCC(C)C)C(N)Cc1cc(F)cc(Cl)c1. The molecule has 196 valence electrons. The van der Waals surface area contributed by atoms with Crippen LogP contribution in [0, 0.1) is 11.7 Å². The maximum absolute atomic E-state index is 13.7. The standard InChI is InChI=1S/C24H41ClFN3O4S/c1-5-10-29(11-6-2)34(31,32)12-8-24(30)33-23(17-28-9-7-18(3)4)22(27)15-19-13-20(25)16-21(26)14-19/h13-14,16,18,22-23,28H,5-12,15,17,27H2,1-4H3. The molecule has 2 unspecified atom stereocenters. The first-order valence-electron chi connectivity index (χ1n) is 12.1. The van der Waals surface area contributed by atoms with Crippen molar-refractivity contribution in [3.8, 4) is 0 Å². The smallest absolute Gasteiger partial charge is 0.307 e. The van der Waals surface area contributed by atoms with Gasteiger partial charge in [0, 0.05) is 30.7 Å². The third-order valence-corrected chi connectivity index (χ3v) is 7.39. The van der Waals surface area contributed by atoms with Crippen LogP contribution in [0.5, 0.6) is 0 Å². The molecule has 7 nitrogen and oxygen atoms in total. The molecule has 1 aromatic carbocycles. The Balaban J connectivity index is 2.81. The zero-order valence-electron chi connectivity index (χ0n) is 20.9. The third kappa shape index (κ3) is 11.9. The molecule has 10 heteroatoms. The van der Waals surface area contributed by atoms with Gasteiger partial charge in [-0.2, -0.15) is 0 Å². The molecule has 0 aromatic heterocycles. The van der Waals surface area contributed by atoms with Gasteiger partial charge in [-0.15, -0.1) is 0 Å². The molecule has 0 aliphatic heterocycles. The molecule has 1 rings (SSSR count). The average molecular weight is 522 g/mol. The number of nitrogens with two attached hydrogens (primary N) is 1. The zero-order chi connectivity index (χ0) is 25.7. The summed E-state index contributed by atoms with van der Waals surface area (Å²) in [5.74, 6) is -0.892. The number of esters is 1. The van der Waals surface area contributed by atoms with Gasteiger partial charge in [-0.1, -0.05) is 39.3 Å². The topological polar surface area (TPSA) is 102 Å². The molecule has 0 bridgehead atoms. The number of hydrogen-bond acceptors (Lipinski definition) is 6. The Labute approximate surface area is 209 Å². The summed E-state index contributed by atoms with van der Waals surface area (Å²) in [5, 5.41) is 3.52. The molecule has 0 aliphatic carbocycles. The first-order valence-corrected chi connectivity index (χ1v) is 14.1. The lowest BCUT2D eigenvalue weighted by atomic mass is 10.0. The van der Waals surface area contributed by atoms with E-state index in [1.54, 1.807) is 6.07 Å². The van der Waals surface area contributed by atoms with Crippen LogP contribution in [0.15, 0.2) is 18.2 Å². The number of carbonyl (C=O) groups is 1. The Bertz CT molecular complexity index is 828. The van der Waals surface area contributed by atoms with E-state index < -0.39 is 34.0 Å². The molecule has 34 heavy (non-hydrogen) atoms. The van der Waals surface area contributed by atoms with Crippen molar-refractivity contribution in [2.24, 2.45) is 11.7 Å². The van der Waals surface area contributed by atoms with Crippen molar-refractivity contribution in [1.29, 1.82) is 0 Å². The molecule has 0 radical (unpaired) electrons. The van der Waals surface area contributed by atoms with E-state index >= 15 is 0 Å². The Morgan fingerprint density at radius 2 is 1.85 bits per heavy atom. The molecular weight excluding hydrogens is 481 g/mol. The van der Waals surface area contributed by atoms with E-state index in [0.29, 0.717) is 44.0 Å². The highest BCUT2D eigenvalue weighted by molar-refractivity contribution is 7.89. The molecule has 0 aliphatic rings. The fourth-order valence-electron chi connectivity index (χ4n) is 3.51. The predicted molar refractivity (Wildman–Crippen MR) is 136 cm³/mol. The van der Waals surface area contributed by atoms with Crippen molar-refractivity contribution in [2.75, 3.05) is 31.9 Å². The van der Waals surface area contributed by atoms with E-state index in [1.807, 2.05) is 13.8 Å². The average Bonchev–Trinajstić information content (AvgIpc) is 2.73. The maximum Gasteiger partial charge on any atom is 0.307 e. The number of nitrogens with one attached hydrogen (secondary N) is 1. The first-order chi connectivity index (χ1) is 16.0. The van der Waals surface area contributed by atoms with Gasteiger partial charge < -0.3 is 15.8 Å². The van der Waals surface area contributed by atoms with Crippen LogP contribution in [-0.2, 0) is 26.0 Å². The summed E-state index contributed by atoms with van der Waals surface area (Å²) in [7, 11) is -3.56.